The molecule has 0 saturated heterocycles. The molecule has 4 rings (SSSR count). The Bertz CT molecular complexity index is 816. The smallest absolute Gasteiger partial charge is 0.0958 e. The fourth-order valence-electron chi connectivity index (χ4n) is 4.01. The first-order valence-electron chi connectivity index (χ1n) is 9.07. The quantitative estimate of drug-likeness (QED) is 0.552. The molecular formula is C22H23ClN2. The van der Waals surface area contributed by atoms with Crippen LogP contribution in [0, 0.1) is 6.92 Å². The van der Waals surface area contributed by atoms with Crippen molar-refractivity contribution < 1.29 is 0 Å². The average Bonchev–Trinajstić information content (AvgIpc) is 3.30. The number of benzene rings is 2. The maximum atomic E-state index is 6.57. The molecule has 0 radical (unpaired) electrons. The van der Waals surface area contributed by atoms with Crippen LogP contribution in [0.1, 0.15) is 60.0 Å². The normalized spacial score (nSPS) is 16.2. The largest absolute Gasteiger partial charge is 0.325 e. The lowest BCUT2D eigenvalue weighted by Gasteiger charge is -2.22. The second kappa shape index (κ2) is 7.05. The van der Waals surface area contributed by atoms with E-state index in [1.165, 1.54) is 42.5 Å². The molecule has 0 amide bonds. The van der Waals surface area contributed by atoms with Crippen LogP contribution >= 0.6 is 11.6 Å². The van der Waals surface area contributed by atoms with Crippen LogP contribution in [0.25, 0.3) is 0 Å². The molecule has 0 spiro atoms. The Morgan fingerprint density at radius 3 is 2.40 bits per heavy atom. The highest BCUT2D eigenvalue weighted by Crippen LogP contribution is 2.36. The van der Waals surface area contributed by atoms with Gasteiger partial charge in [0.25, 0.3) is 0 Å². The van der Waals surface area contributed by atoms with Crippen molar-refractivity contribution in [3.8, 4) is 0 Å². The number of hydrogen-bond donors (Lipinski definition) is 0. The Kier molecular flexibility index (Phi) is 4.63. The Balaban J connectivity index is 1.81. The first-order valence-corrected chi connectivity index (χ1v) is 9.45. The monoisotopic (exact) mass is 350 g/mol. The summed E-state index contributed by atoms with van der Waals surface area (Å²) in [4.78, 5) is 4.75. The van der Waals surface area contributed by atoms with Gasteiger partial charge in [0.05, 0.1) is 18.1 Å². The highest BCUT2D eigenvalue weighted by Gasteiger charge is 2.24. The standard InChI is InChI=1S/C22H23ClN2/c1-16-8-2-5-11-18(16)22(19-12-6-7-13-20(19)23)25-14-21(24-15-25)17-9-3-4-10-17/h2,5-8,11-15,17,22H,3-4,9-10H2,1H3. The molecule has 1 aliphatic rings. The maximum absolute atomic E-state index is 6.57. The number of hydrogen-bond acceptors (Lipinski definition) is 1. The fourth-order valence-corrected chi connectivity index (χ4v) is 4.24. The summed E-state index contributed by atoms with van der Waals surface area (Å²) in [5, 5.41) is 0.798. The number of aryl methyl sites for hydroxylation is 1. The molecule has 3 heteroatoms. The molecule has 1 heterocycles. The van der Waals surface area contributed by atoms with Gasteiger partial charge in [-0.25, -0.2) is 4.98 Å². The first kappa shape index (κ1) is 16.4. The molecule has 1 saturated carbocycles. The zero-order chi connectivity index (χ0) is 17.2. The van der Waals surface area contributed by atoms with E-state index in [0.717, 1.165) is 10.6 Å². The highest BCUT2D eigenvalue weighted by molar-refractivity contribution is 6.31. The van der Waals surface area contributed by atoms with Gasteiger partial charge in [0.15, 0.2) is 0 Å². The molecule has 1 unspecified atom stereocenters. The van der Waals surface area contributed by atoms with Crippen molar-refractivity contribution in [3.05, 3.63) is 88.5 Å². The van der Waals surface area contributed by atoms with Crippen LogP contribution < -0.4 is 0 Å². The molecule has 25 heavy (non-hydrogen) atoms. The second-order valence-electron chi connectivity index (χ2n) is 7.01. The van der Waals surface area contributed by atoms with E-state index < -0.39 is 0 Å². The molecule has 1 aliphatic carbocycles. The summed E-state index contributed by atoms with van der Waals surface area (Å²) >= 11 is 6.57. The van der Waals surface area contributed by atoms with E-state index in [1.54, 1.807) is 0 Å². The summed E-state index contributed by atoms with van der Waals surface area (Å²) < 4.78 is 2.23. The van der Waals surface area contributed by atoms with Gasteiger partial charge >= 0.3 is 0 Å². The molecule has 2 nitrogen and oxygen atoms in total. The van der Waals surface area contributed by atoms with Gasteiger partial charge < -0.3 is 4.57 Å². The predicted octanol–water partition coefficient (Wildman–Crippen LogP) is 6.14. The van der Waals surface area contributed by atoms with E-state index in [1.807, 2.05) is 18.5 Å². The van der Waals surface area contributed by atoms with E-state index in [-0.39, 0.29) is 6.04 Å². The summed E-state index contributed by atoms with van der Waals surface area (Å²) in [6, 6.07) is 16.7. The minimum atomic E-state index is 0.0533. The lowest BCUT2D eigenvalue weighted by atomic mass is 9.94. The van der Waals surface area contributed by atoms with Crippen molar-refractivity contribution in [2.24, 2.45) is 0 Å². The van der Waals surface area contributed by atoms with Crippen LogP contribution in [0.15, 0.2) is 61.1 Å². The molecule has 1 fully saturated rings. The molecule has 0 aliphatic heterocycles. The van der Waals surface area contributed by atoms with E-state index in [9.17, 15) is 0 Å². The summed E-state index contributed by atoms with van der Waals surface area (Å²) in [6.07, 6.45) is 9.38. The highest BCUT2D eigenvalue weighted by atomic mass is 35.5. The topological polar surface area (TPSA) is 17.8 Å². The van der Waals surface area contributed by atoms with Crippen molar-refractivity contribution in [1.82, 2.24) is 9.55 Å². The Morgan fingerprint density at radius 2 is 1.68 bits per heavy atom. The lowest BCUT2D eigenvalue weighted by molar-refractivity contribution is 0.665. The molecule has 0 N–H and O–H groups in total. The molecule has 2 aromatic carbocycles. The fraction of sp³-hybridized carbons (Fsp3) is 0.318. The second-order valence-corrected chi connectivity index (χ2v) is 7.41. The predicted molar refractivity (Wildman–Crippen MR) is 103 cm³/mol. The van der Waals surface area contributed by atoms with Crippen molar-refractivity contribution >= 4 is 11.6 Å². The van der Waals surface area contributed by atoms with E-state index >= 15 is 0 Å². The SMILES string of the molecule is Cc1ccccc1C(c1ccccc1Cl)n1cnc(C2CCCC2)c1. The van der Waals surface area contributed by atoms with Gasteiger partial charge in [0.1, 0.15) is 0 Å². The number of nitrogens with zero attached hydrogens (tertiary/aromatic N) is 2. The first-order chi connectivity index (χ1) is 12.2. The number of imidazole rings is 1. The van der Waals surface area contributed by atoms with Crippen molar-refractivity contribution in [1.29, 1.82) is 0 Å². The van der Waals surface area contributed by atoms with Gasteiger partial charge in [-0.05, 0) is 42.5 Å². The average molecular weight is 351 g/mol. The number of halogens is 1. The zero-order valence-electron chi connectivity index (χ0n) is 14.5. The van der Waals surface area contributed by atoms with Crippen LogP contribution in [0.2, 0.25) is 5.02 Å². The summed E-state index contributed by atoms with van der Waals surface area (Å²) in [5.41, 5.74) is 4.88. The van der Waals surface area contributed by atoms with Crippen LogP contribution in [-0.4, -0.2) is 9.55 Å². The molecule has 1 aromatic heterocycles. The van der Waals surface area contributed by atoms with Crippen LogP contribution in [-0.2, 0) is 0 Å². The van der Waals surface area contributed by atoms with Gasteiger partial charge in [0, 0.05) is 17.1 Å². The van der Waals surface area contributed by atoms with Gasteiger partial charge in [0.2, 0.25) is 0 Å². The summed E-state index contributed by atoms with van der Waals surface area (Å²) in [5.74, 6) is 0.616. The third-order valence-corrected chi connectivity index (χ3v) is 5.72. The van der Waals surface area contributed by atoms with Crippen molar-refractivity contribution in [2.75, 3.05) is 0 Å². The zero-order valence-corrected chi connectivity index (χ0v) is 15.3. The van der Waals surface area contributed by atoms with Crippen LogP contribution in [0.5, 0.6) is 0 Å². The van der Waals surface area contributed by atoms with E-state index in [2.05, 4.69) is 54.1 Å². The van der Waals surface area contributed by atoms with Gasteiger partial charge in [-0.3, -0.25) is 0 Å². The van der Waals surface area contributed by atoms with Crippen LogP contribution in [0.3, 0.4) is 0 Å². The number of rotatable bonds is 4. The van der Waals surface area contributed by atoms with Crippen molar-refractivity contribution in [2.45, 2.75) is 44.6 Å². The molecular weight excluding hydrogens is 328 g/mol. The Morgan fingerprint density at radius 1 is 1.00 bits per heavy atom. The molecule has 0 bridgehead atoms. The maximum Gasteiger partial charge on any atom is 0.0958 e. The van der Waals surface area contributed by atoms with E-state index in [4.69, 9.17) is 16.6 Å². The van der Waals surface area contributed by atoms with Gasteiger partial charge in [-0.15, -0.1) is 0 Å². The minimum absolute atomic E-state index is 0.0533. The summed E-state index contributed by atoms with van der Waals surface area (Å²) in [7, 11) is 0. The number of aromatic nitrogens is 2. The van der Waals surface area contributed by atoms with Gasteiger partial charge in [-0.2, -0.15) is 0 Å². The van der Waals surface area contributed by atoms with Crippen molar-refractivity contribution in [3.63, 3.8) is 0 Å². The lowest BCUT2D eigenvalue weighted by Crippen LogP contribution is -2.12. The Labute approximate surface area is 154 Å². The van der Waals surface area contributed by atoms with E-state index in [0.29, 0.717) is 5.92 Å². The molecule has 128 valence electrons. The minimum Gasteiger partial charge on any atom is -0.325 e. The molecule has 3 aromatic rings. The van der Waals surface area contributed by atoms with Gasteiger partial charge in [-0.1, -0.05) is 66.9 Å². The molecule has 1 atom stereocenters. The van der Waals surface area contributed by atoms with Crippen LogP contribution in [0.4, 0.5) is 0 Å². The summed E-state index contributed by atoms with van der Waals surface area (Å²) in [6.45, 7) is 2.16. The third-order valence-electron chi connectivity index (χ3n) is 5.38. The Hall–Kier alpha value is -2.06. The third kappa shape index (κ3) is 3.23.